The summed E-state index contributed by atoms with van der Waals surface area (Å²) in [6, 6.07) is 10.6. The van der Waals surface area contributed by atoms with Crippen LogP contribution in [0.4, 0.5) is 0 Å². The van der Waals surface area contributed by atoms with Crippen LogP contribution in [0, 0.1) is 11.3 Å². The van der Waals surface area contributed by atoms with Gasteiger partial charge in [-0.1, -0.05) is 17.7 Å². The lowest BCUT2D eigenvalue weighted by Gasteiger charge is -2.11. The van der Waals surface area contributed by atoms with Crippen LogP contribution in [0.25, 0.3) is 0 Å². The predicted octanol–water partition coefficient (Wildman–Crippen LogP) is 3.24. The Morgan fingerprint density at radius 3 is 2.85 bits per heavy atom. The van der Waals surface area contributed by atoms with Crippen LogP contribution in [0.1, 0.15) is 29.8 Å². The monoisotopic (exact) mass is 288 g/mol. The fourth-order valence-corrected chi connectivity index (χ4v) is 1.92. The SMILES string of the molecule is C[C@H](O)c1ccc(OCc2ccnc(C#N)c2)c(Cl)c1. The van der Waals surface area contributed by atoms with Gasteiger partial charge in [-0.3, -0.25) is 0 Å². The molecule has 1 aromatic heterocycles. The molecule has 5 heteroatoms. The molecule has 1 aromatic carbocycles. The van der Waals surface area contributed by atoms with Crippen molar-refractivity contribution in [1.82, 2.24) is 4.98 Å². The van der Waals surface area contributed by atoms with E-state index in [2.05, 4.69) is 4.98 Å². The molecule has 102 valence electrons. The number of hydrogen-bond donors (Lipinski definition) is 1. The molecule has 0 bridgehead atoms. The normalized spacial score (nSPS) is 11.7. The van der Waals surface area contributed by atoms with E-state index in [-0.39, 0.29) is 0 Å². The number of hydrogen-bond acceptors (Lipinski definition) is 4. The summed E-state index contributed by atoms with van der Waals surface area (Å²) in [6.45, 7) is 1.97. The van der Waals surface area contributed by atoms with Crippen molar-refractivity contribution >= 4 is 11.6 Å². The zero-order chi connectivity index (χ0) is 14.5. The summed E-state index contributed by atoms with van der Waals surface area (Å²) >= 11 is 6.10. The molecular formula is C15H13ClN2O2. The molecule has 0 aliphatic rings. The highest BCUT2D eigenvalue weighted by Crippen LogP contribution is 2.28. The Morgan fingerprint density at radius 2 is 2.20 bits per heavy atom. The van der Waals surface area contributed by atoms with Gasteiger partial charge in [-0.2, -0.15) is 5.26 Å². The zero-order valence-electron chi connectivity index (χ0n) is 10.9. The van der Waals surface area contributed by atoms with E-state index < -0.39 is 6.10 Å². The lowest BCUT2D eigenvalue weighted by atomic mass is 10.1. The van der Waals surface area contributed by atoms with Gasteiger partial charge in [-0.15, -0.1) is 0 Å². The molecule has 1 heterocycles. The molecule has 2 aromatic rings. The number of aliphatic hydroxyl groups is 1. The maximum atomic E-state index is 9.47. The van der Waals surface area contributed by atoms with Crippen molar-refractivity contribution in [2.75, 3.05) is 0 Å². The number of rotatable bonds is 4. The summed E-state index contributed by atoms with van der Waals surface area (Å²) in [6.07, 6.45) is 0.995. The summed E-state index contributed by atoms with van der Waals surface area (Å²) in [5, 5.41) is 18.7. The first-order chi connectivity index (χ1) is 9.60. The quantitative estimate of drug-likeness (QED) is 0.938. The number of aromatic nitrogens is 1. The summed E-state index contributed by atoms with van der Waals surface area (Å²) in [7, 11) is 0. The van der Waals surface area contributed by atoms with Gasteiger partial charge in [0.15, 0.2) is 0 Å². The Labute approximate surface area is 122 Å². The predicted molar refractivity (Wildman–Crippen MR) is 75.4 cm³/mol. The first-order valence-electron chi connectivity index (χ1n) is 6.05. The lowest BCUT2D eigenvalue weighted by molar-refractivity contribution is 0.199. The fraction of sp³-hybridized carbons (Fsp3) is 0.200. The molecule has 1 atom stereocenters. The van der Waals surface area contributed by atoms with Gasteiger partial charge in [0, 0.05) is 6.20 Å². The third-order valence-corrected chi connectivity index (χ3v) is 3.07. The lowest BCUT2D eigenvalue weighted by Crippen LogP contribution is -1.98. The number of nitrogens with zero attached hydrogens (tertiary/aromatic N) is 2. The van der Waals surface area contributed by atoms with Gasteiger partial charge < -0.3 is 9.84 Å². The second-order valence-electron chi connectivity index (χ2n) is 4.32. The second kappa shape index (κ2) is 6.38. The molecule has 0 fully saturated rings. The van der Waals surface area contributed by atoms with Crippen molar-refractivity contribution in [3.8, 4) is 11.8 Å². The van der Waals surface area contributed by atoms with Crippen molar-refractivity contribution in [3.05, 3.63) is 58.4 Å². The molecule has 0 radical (unpaired) electrons. The number of benzene rings is 1. The highest BCUT2D eigenvalue weighted by atomic mass is 35.5. The van der Waals surface area contributed by atoms with Gasteiger partial charge in [0.1, 0.15) is 24.1 Å². The smallest absolute Gasteiger partial charge is 0.140 e. The minimum Gasteiger partial charge on any atom is -0.487 e. The Balaban J connectivity index is 2.09. The van der Waals surface area contributed by atoms with E-state index in [9.17, 15) is 5.11 Å². The molecule has 0 spiro atoms. The van der Waals surface area contributed by atoms with Crippen molar-refractivity contribution in [1.29, 1.82) is 5.26 Å². The fourth-order valence-electron chi connectivity index (χ4n) is 1.68. The number of halogens is 1. The number of pyridine rings is 1. The minimum absolute atomic E-state index is 0.297. The third kappa shape index (κ3) is 3.47. The van der Waals surface area contributed by atoms with Gasteiger partial charge in [-0.25, -0.2) is 4.98 Å². The van der Waals surface area contributed by atoms with E-state index in [0.717, 1.165) is 11.1 Å². The Bertz CT molecular complexity index is 651. The Morgan fingerprint density at radius 1 is 1.40 bits per heavy atom. The molecule has 0 aliphatic carbocycles. The van der Waals surface area contributed by atoms with Crippen LogP contribution in [-0.4, -0.2) is 10.1 Å². The van der Waals surface area contributed by atoms with Gasteiger partial charge in [0.25, 0.3) is 0 Å². The van der Waals surface area contributed by atoms with Crippen molar-refractivity contribution < 1.29 is 9.84 Å². The first-order valence-corrected chi connectivity index (χ1v) is 6.43. The topological polar surface area (TPSA) is 66.1 Å². The van der Waals surface area contributed by atoms with Gasteiger partial charge in [0.2, 0.25) is 0 Å². The van der Waals surface area contributed by atoms with Crippen LogP contribution in [-0.2, 0) is 6.61 Å². The molecule has 0 aliphatic heterocycles. The van der Waals surface area contributed by atoms with Crippen LogP contribution in [0.2, 0.25) is 5.02 Å². The Hall–Kier alpha value is -2.09. The summed E-state index contributed by atoms with van der Waals surface area (Å²) < 4.78 is 5.61. The van der Waals surface area contributed by atoms with Crippen molar-refractivity contribution in [2.45, 2.75) is 19.6 Å². The van der Waals surface area contributed by atoms with E-state index in [0.29, 0.717) is 23.1 Å². The molecule has 4 nitrogen and oxygen atoms in total. The van der Waals surface area contributed by atoms with Gasteiger partial charge >= 0.3 is 0 Å². The summed E-state index contributed by atoms with van der Waals surface area (Å²) in [5.41, 5.74) is 1.92. The van der Waals surface area contributed by atoms with Gasteiger partial charge in [-0.05, 0) is 42.3 Å². The number of nitriles is 1. The van der Waals surface area contributed by atoms with Gasteiger partial charge in [0.05, 0.1) is 11.1 Å². The standard InChI is InChI=1S/C15H13ClN2O2/c1-10(19)12-2-3-15(14(16)7-12)20-9-11-4-5-18-13(6-11)8-17/h2-7,10,19H,9H2,1H3/t10-/m0/s1. The molecule has 20 heavy (non-hydrogen) atoms. The third-order valence-electron chi connectivity index (χ3n) is 2.77. The van der Waals surface area contributed by atoms with E-state index in [1.807, 2.05) is 6.07 Å². The molecule has 1 N–H and O–H groups in total. The van der Waals surface area contributed by atoms with Crippen molar-refractivity contribution in [2.24, 2.45) is 0 Å². The van der Waals surface area contributed by atoms with Crippen LogP contribution in [0.15, 0.2) is 36.5 Å². The van der Waals surface area contributed by atoms with E-state index in [4.69, 9.17) is 21.6 Å². The van der Waals surface area contributed by atoms with Crippen LogP contribution in [0.5, 0.6) is 5.75 Å². The minimum atomic E-state index is -0.570. The molecule has 0 saturated carbocycles. The highest BCUT2D eigenvalue weighted by molar-refractivity contribution is 6.32. The maximum Gasteiger partial charge on any atom is 0.140 e. The average Bonchev–Trinajstić information content (AvgIpc) is 2.46. The molecular weight excluding hydrogens is 276 g/mol. The molecule has 0 amide bonds. The molecule has 2 rings (SSSR count). The second-order valence-corrected chi connectivity index (χ2v) is 4.72. The molecule has 0 saturated heterocycles. The van der Waals surface area contributed by atoms with Crippen molar-refractivity contribution in [3.63, 3.8) is 0 Å². The maximum absolute atomic E-state index is 9.47. The average molecular weight is 289 g/mol. The van der Waals surface area contributed by atoms with E-state index >= 15 is 0 Å². The van der Waals surface area contributed by atoms with Crippen LogP contribution >= 0.6 is 11.6 Å². The number of aliphatic hydroxyl groups excluding tert-OH is 1. The van der Waals surface area contributed by atoms with E-state index in [1.165, 1.54) is 0 Å². The van der Waals surface area contributed by atoms with Crippen LogP contribution in [0.3, 0.4) is 0 Å². The summed E-state index contributed by atoms with van der Waals surface area (Å²) in [4.78, 5) is 3.89. The first kappa shape index (κ1) is 14.3. The van der Waals surface area contributed by atoms with Crippen LogP contribution < -0.4 is 4.74 Å². The highest BCUT2D eigenvalue weighted by Gasteiger charge is 2.07. The Kier molecular flexibility index (Phi) is 4.57. The zero-order valence-corrected chi connectivity index (χ0v) is 11.6. The van der Waals surface area contributed by atoms with E-state index in [1.54, 1.807) is 43.5 Å². The summed E-state index contributed by atoms with van der Waals surface area (Å²) in [5.74, 6) is 0.534. The molecule has 0 unspecified atom stereocenters. The largest absolute Gasteiger partial charge is 0.487 e. The number of ether oxygens (including phenoxy) is 1.